The molecule has 2 rings (SSSR count). The summed E-state index contributed by atoms with van der Waals surface area (Å²) < 4.78 is 0. The van der Waals surface area contributed by atoms with Gasteiger partial charge in [-0.15, -0.1) is 0 Å². The second-order valence-electron chi connectivity index (χ2n) is 5.35. The van der Waals surface area contributed by atoms with Gasteiger partial charge in [-0.2, -0.15) is 0 Å². The minimum Gasteiger partial charge on any atom is -0.387 e. The third-order valence-corrected chi connectivity index (χ3v) is 3.84. The minimum atomic E-state index is -0.497. The number of hydrogen-bond acceptors (Lipinski definition) is 4. The highest BCUT2D eigenvalue weighted by Crippen LogP contribution is 2.22. The molecule has 0 unspecified atom stereocenters. The molecule has 0 atom stereocenters. The Morgan fingerprint density at radius 2 is 2.18 bits per heavy atom. The fraction of sp³-hybridized carbons (Fsp3) is 0.438. The van der Waals surface area contributed by atoms with Crippen molar-refractivity contribution in [3.05, 3.63) is 45.5 Å². The summed E-state index contributed by atoms with van der Waals surface area (Å²) in [5.41, 5.74) is 2.19. The van der Waals surface area contributed by atoms with Gasteiger partial charge in [0.15, 0.2) is 0 Å². The summed E-state index contributed by atoms with van der Waals surface area (Å²) in [6.45, 7) is 0.552. The SMILES string of the molecule is CNc1ccc([N+](=O)[O-])cc1C(=O)NCCC1=CCCCC1. The van der Waals surface area contributed by atoms with Gasteiger partial charge in [0.05, 0.1) is 10.5 Å². The molecule has 0 heterocycles. The third-order valence-electron chi connectivity index (χ3n) is 3.84. The molecule has 0 saturated carbocycles. The van der Waals surface area contributed by atoms with E-state index in [2.05, 4.69) is 16.7 Å². The molecule has 1 aromatic rings. The van der Waals surface area contributed by atoms with E-state index in [1.807, 2.05) is 0 Å². The van der Waals surface area contributed by atoms with E-state index in [0.29, 0.717) is 17.8 Å². The Balaban J connectivity index is 2.00. The predicted octanol–water partition coefficient (Wildman–Crippen LogP) is 3.26. The Morgan fingerprint density at radius 1 is 1.36 bits per heavy atom. The lowest BCUT2D eigenvalue weighted by Crippen LogP contribution is -2.25. The average molecular weight is 303 g/mol. The number of nitrogens with one attached hydrogen (secondary N) is 2. The first-order valence-corrected chi connectivity index (χ1v) is 7.54. The monoisotopic (exact) mass is 303 g/mol. The predicted molar refractivity (Wildman–Crippen MR) is 86.1 cm³/mol. The highest BCUT2D eigenvalue weighted by molar-refractivity contribution is 6.00. The van der Waals surface area contributed by atoms with E-state index in [9.17, 15) is 14.9 Å². The van der Waals surface area contributed by atoms with Crippen LogP contribution in [0.25, 0.3) is 0 Å². The smallest absolute Gasteiger partial charge is 0.270 e. The summed E-state index contributed by atoms with van der Waals surface area (Å²) in [5, 5.41) is 16.6. The third kappa shape index (κ3) is 4.07. The van der Waals surface area contributed by atoms with Gasteiger partial charge in [0.2, 0.25) is 0 Å². The molecule has 1 aliphatic carbocycles. The number of nitro groups is 1. The largest absolute Gasteiger partial charge is 0.387 e. The molecule has 6 heteroatoms. The number of carbonyl (C=O) groups is 1. The summed E-state index contributed by atoms with van der Waals surface area (Å²) >= 11 is 0. The maximum atomic E-state index is 12.2. The fourth-order valence-electron chi connectivity index (χ4n) is 2.62. The second-order valence-corrected chi connectivity index (χ2v) is 5.35. The summed E-state index contributed by atoms with van der Waals surface area (Å²) in [4.78, 5) is 22.6. The zero-order valence-electron chi connectivity index (χ0n) is 12.7. The Bertz CT molecular complexity index is 596. The normalized spacial score (nSPS) is 14.1. The number of carbonyl (C=O) groups excluding carboxylic acids is 1. The number of anilines is 1. The molecule has 0 bridgehead atoms. The van der Waals surface area contributed by atoms with Crippen molar-refractivity contribution >= 4 is 17.3 Å². The molecule has 0 radical (unpaired) electrons. The zero-order valence-corrected chi connectivity index (χ0v) is 12.7. The summed E-state index contributed by atoms with van der Waals surface area (Å²) in [6, 6.07) is 4.24. The molecule has 2 N–H and O–H groups in total. The number of hydrogen-bond donors (Lipinski definition) is 2. The van der Waals surface area contributed by atoms with Crippen molar-refractivity contribution in [3.63, 3.8) is 0 Å². The number of nitro benzene ring substituents is 1. The minimum absolute atomic E-state index is 0.0841. The van der Waals surface area contributed by atoms with Gasteiger partial charge in [-0.1, -0.05) is 11.6 Å². The van der Waals surface area contributed by atoms with Gasteiger partial charge < -0.3 is 10.6 Å². The molecule has 1 amide bonds. The molecule has 0 aromatic heterocycles. The van der Waals surface area contributed by atoms with E-state index in [0.717, 1.165) is 19.3 Å². The summed E-state index contributed by atoms with van der Waals surface area (Å²) in [7, 11) is 1.69. The van der Waals surface area contributed by atoms with Gasteiger partial charge in [-0.3, -0.25) is 14.9 Å². The van der Waals surface area contributed by atoms with Crippen LogP contribution < -0.4 is 10.6 Å². The zero-order chi connectivity index (χ0) is 15.9. The molecule has 0 aliphatic heterocycles. The van der Waals surface area contributed by atoms with Crippen molar-refractivity contribution in [2.24, 2.45) is 0 Å². The summed E-state index contributed by atoms with van der Waals surface area (Å²) in [6.07, 6.45) is 7.79. The van der Waals surface area contributed by atoms with Gasteiger partial charge in [0.1, 0.15) is 0 Å². The van der Waals surface area contributed by atoms with Gasteiger partial charge in [-0.05, 0) is 38.2 Å². The van der Waals surface area contributed by atoms with E-state index in [1.54, 1.807) is 13.1 Å². The lowest BCUT2D eigenvalue weighted by atomic mass is 9.97. The Hall–Kier alpha value is -2.37. The quantitative estimate of drug-likeness (QED) is 0.480. The number of amides is 1. The first kappa shape index (κ1) is 16.0. The van der Waals surface area contributed by atoms with Crippen molar-refractivity contribution < 1.29 is 9.72 Å². The molecule has 1 aromatic carbocycles. The van der Waals surface area contributed by atoms with Crippen molar-refractivity contribution in [2.75, 3.05) is 18.9 Å². The molecule has 0 fully saturated rings. The van der Waals surface area contributed by atoms with Crippen LogP contribution in [0.4, 0.5) is 11.4 Å². The number of benzene rings is 1. The van der Waals surface area contributed by atoms with Crippen LogP contribution in [-0.2, 0) is 0 Å². The summed E-state index contributed by atoms with van der Waals surface area (Å²) in [5.74, 6) is -0.288. The van der Waals surface area contributed by atoms with E-state index in [-0.39, 0.29) is 11.6 Å². The number of allylic oxidation sites excluding steroid dienone is 1. The Kier molecular flexibility index (Phi) is 5.52. The molecule has 0 saturated heterocycles. The van der Waals surface area contributed by atoms with Gasteiger partial charge in [0.25, 0.3) is 11.6 Å². The second kappa shape index (κ2) is 7.59. The van der Waals surface area contributed by atoms with Crippen LogP contribution in [0, 0.1) is 10.1 Å². The van der Waals surface area contributed by atoms with E-state index in [1.165, 1.54) is 30.5 Å². The van der Waals surface area contributed by atoms with Crippen LogP contribution in [-0.4, -0.2) is 24.4 Å². The van der Waals surface area contributed by atoms with Crippen molar-refractivity contribution in [1.29, 1.82) is 0 Å². The molecular weight excluding hydrogens is 282 g/mol. The molecule has 6 nitrogen and oxygen atoms in total. The fourth-order valence-corrected chi connectivity index (χ4v) is 2.62. The van der Waals surface area contributed by atoms with Crippen LogP contribution >= 0.6 is 0 Å². The molecule has 22 heavy (non-hydrogen) atoms. The van der Waals surface area contributed by atoms with E-state index >= 15 is 0 Å². The van der Waals surface area contributed by atoms with Gasteiger partial charge >= 0.3 is 0 Å². The van der Waals surface area contributed by atoms with Crippen molar-refractivity contribution in [2.45, 2.75) is 32.1 Å². The standard InChI is InChI=1S/C16H21N3O3/c1-17-15-8-7-13(19(21)22)11-14(15)16(20)18-10-9-12-5-3-2-4-6-12/h5,7-8,11,17H,2-4,6,9-10H2,1H3,(H,18,20). The van der Waals surface area contributed by atoms with Crippen LogP contribution in [0.15, 0.2) is 29.8 Å². The maximum Gasteiger partial charge on any atom is 0.270 e. The van der Waals surface area contributed by atoms with Crippen LogP contribution in [0.1, 0.15) is 42.5 Å². The molecule has 0 spiro atoms. The number of nitrogens with zero attached hydrogens (tertiary/aromatic N) is 1. The Morgan fingerprint density at radius 3 is 2.82 bits per heavy atom. The highest BCUT2D eigenvalue weighted by Gasteiger charge is 2.16. The molecule has 118 valence electrons. The molecular formula is C16H21N3O3. The number of rotatable bonds is 6. The number of non-ortho nitro benzene ring substituents is 1. The highest BCUT2D eigenvalue weighted by atomic mass is 16.6. The average Bonchev–Trinajstić information content (AvgIpc) is 2.55. The van der Waals surface area contributed by atoms with Crippen LogP contribution in [0.2, 0.25) is 0 Å². The van der Waals surface area contributed by atoms with Crippen LogP contribution in [0.3, 0.4) is 0 Å². The van der Waals surface area contributed by atoms with Gasteiger partial charge in [0, 0.05) is 31.4 Å². The van der Waals surface area contributed by atoms with E-state index < -0.39 is 4.92 Å². The lowest BCUT2D eigenvalue weighted by Gasteiger charge is -2.13. The first-order chi connectivity index (χ1) is 10.6. The van der Waals surface area contributed by atoms with Crippen molar-refractivity contribution in [1.82, 2.24) is 5.32 Å². The van der Waals surface area contributed by atoms with Crippen molar-refractivity contribution in [3.8, 4) is 0 Å². The Labute approximate surface area is 129 Å². The first-order valence-electron chi connectivity index (χ1n) is 7.54. The lowest BCUT2D eigenvalue weighted by molar-refractivity contribution is -0.384. The van der Waals surface area contributed by atoms with Gasteiger partial charge in [-0.25, -0.2) is 0 Å². The topological polar surface area (TPSA) is 84.3 Å². The van der Waals surface area contributed by atoms with Crippen LogP contribution in [0.5, 0.6) is 0 Å². The maximum absolute atomic E-state index is 12.2. The van der Waals surface area contributed by atoms with E-state index in [4.69, 9.17) is 0 Å². The molecule has 1 aliphatic rings.